The second kappa shape index (κ2) is 4.36. The van der Waals surface area contributed by atoms with Crippen molar-refractivity contribution in [2.75, 3.05) is 13.1 Å². The van der Waals surface area contributed by atoms with Crippen LogP contribution in [-0.4, -0.2) is 25.1 Å². The third kappa shape index (κ3) is 1.97. The predicted molar refractivity (Wildman–Crippen MR) is 59.7 cm³/mol. The van der Waals surface area contributed by atoms with Crippen molar-refractivity contribution >= 4 is 5.97 Å². The molecule has 4 unspecified atom stereocenters. The van der Waals surface area contributed by atoms with Crippen molar-refractivity contribution in [3.63, 3.8) is 0 Å². The van der Waals surface area contributed by atoms with Gasteiger partial charge in [-0.25, -0.2) is 0 Å². The molecule has 1 saturated heterocycles. The number of carboxylic acid groups (broad SMARTS) is 1. The minimum atomic E-state index is -0.897. The first-order valence-corrected chi connectivity index (χ1v) is 6.56. The normalized spacial score (nSPS) is 45.1. The van der Waals surface area contributed by atoms with Crippen LogP contribution < -0.4 is 10.0 Å². The van der Waals surface area contributed by atoms with Crippen molar-refractivity contribution in [2.24, 2.45) is 23.7 Å². The molecule has 3 heteroatoms. The first kappa shape index (κ1) is 11.9. The second-order valence-corrected chi connectivity index (χ2v) is 5.97. The maximum absolute atomic E-state index is 10.9. The Morgan fingerprint density at radius 3 is 2.50 bits per heavy atom. The monoisotopic (exact) mass is 225 g/mol. The molecule has 0 aromatic heterocycles. The SMILES string of the molecule is CC1C[NH+]([C@H](C)C(=O)[O-])CC2C1CC[C@@H]2C. The first-order chi connectivity index (χ1) is 7.50. The van der Waals surface area contributed by atoms with E-state index in [9.17, 15) is 9.90 Å². The van der Waals surface area contributed by atoms with E-state index in [4.69, 9.17) is 0 Å². The third-order valence-corrected chi connectivity index (χ3v) is 5.02. The van der Waals surface area contributed by atoms with Gasteiger partial charge < -0.3 is 14.8 Å². The van der Waals surface area contributed by atoms with Gasteiger partial charge in [0.15, 0.2) is 0 Å². The zero-order valence-electron chi connectivity index (χ0n) is 10.5. The average molecular weight is 225 g/mol. The van der Waals surface area contributed by atoms with E-state index in [1.165, 1.54) is 17.7 Å². The molecular weight excluding hydrogens is 202 g/mol. The summed E-state index contributed by atoms with van der Waals surface area (Å²) in [7, 11) is 0. The van der Waals surface area contributed by atoms with Crippen LogP contribution in [0.4, 0.5) is 0 Å². The number of carbonyl (C=O) groups is 1. The lowest BCUT2D eigenvalue weighted by molar-refractivity contribution is -0.930. The zero-order chi connectivity index (χ0) is 11.9. The summed E-state index contributed by atoms with van der Waals surface area (Å²) < 4.78 is 0. The quantitative estimate of drug-likeness (QED) is 0.677. The van der Waals surface area contributed by atoms with Gasteiger partial charge in [0.05, 0.1) is 19.1 Å². The summed E-state index contributed by atoms with van der Waals surface area (Å²) in [5, 5.41) is 10.9. The summed E-state index contributed by atoms with van der Waals surface area (Å²) in [6, 6.07) is -0.351. The van der Waals surface area contributed by atoms with E-state index in [0.717, 1.165) is 30.8 Å². The average Bonchev–Trinajstić information content (AvgIpc) is 2.60. The smallest absolute Gasteiger partial charge is 0.125 e. The van der Waals surface area contributed by atoms with Crippen LogP contribution in [0.3, 0.4) is 0 Å². The van der Waals surface area contributed by atoms with E-state index in [0.29, 0.717) is 5.92 Å². The minimum absolute atomic E-state index is 0.351. The fourth-order valence-electron chi connectivity index (χ4n) is 3.84. The number of nitrogens with one attached hydrogen (secondary N) is 1. The van der Waals surface area contributed by atoms with Gasteiger partial charge >= 0.3 is 0 Å². The highest BCUT2D eigenvalue weighted by molar-refractivity contribution is 5.68. The Morgan fingerprint density at radius 2 is 1.88 bits per heavy atom. The largest absolute Gasteiger partial charge is 0.544 e. The number of piperidine rings is 1. The maximum atomic E-state index is 10.9. The lowest BCUT2D eigenvalue weighted by Gasteiger charge is -2.41. The Kier molecular flexibility index (Phi) is 3.24. The van der Waals surface area contributed by atoms with Crippen molar-refractivity contribution in [2.45, 2.75) is 39.7 Å². The van der Waals surface area contributed by atoms with E-state index in [2.05, 4.69) is 13.8 Å². The van der Waals surface area contributed by atoms with Gasteiger partial charge in [-0.2, -0.15) is 0 Å². The summed E-state index contributed by atoms with van der Waals surface area (Å²) in [5.41, 5.74) is 0. The minimum Gasteiger partial charge on any atom is -0.544 e. The number of carbonyl (C=O) groups excluding carboxylic acids is 1. The number of carboxylic acids is 1. The molecule has 0 bridgehead atoms. The molecule has 1 saturated carbocycles. The highest BCUT2D eigenvalue weighted by Gasteiger charge is 2.44. The number of fused-ring (bicyclic) bond motifs is 1. The van der Waals surface area contributed by atoms with Gasteiger partial charge in [-0.3, -0.25) is 0 Å². The fourth-order valence-corrected chi connectivity index (χ4v) is 3.84. The predicted octanol–water partition coefficient (Wildman–Crippen LogP) is -0.678. The van der Waals surface area contributed by atoms with Crippen LogP contribution in [-0.2, 0) is 4.79 Å². The number of likely N-dealkylation sites (tertiary alicyclic amines) is 1. The summed E-state index contributed by atoms with van der Waals surface area (Å²) in [6.45, 7) is 8.44. The molecule has 0 amide bonds. The molecule has 0 aromatic carbocycles. The Morgan fingerprint density at radius 1 is 1.19 bits per heavy atom. The van der Waals surface area contributed by atoms with Crippen molar-refractivity contribution < 1.29 is 14.8 Å². The third-order valence-electron chi connectivity index (χ3n) is 5.02. The molecule has 0 spiro atoms. The molecule has 0 radical (unpaired) electrons. The van der Waals surface area contributed by atoms with Gasteiger partial charge in [-0.1, -0.05) is 13.8 Å². The van der Waals surface area contributed by atoms with Crippen LogP contribution in [0.5, 0.6) is 0 Å². The Balaban J connectivity index is 2.07. The standard InChI is InChI=1S/C13H23NO2/c1-8-4-5-11-9(2)6-14(7-12(8)11)10(3)13(15)16/h8-12H,4-7H2,1-3H3,(H,15,16)/t8-,9?,10+,11?,12?/m0/s1. The lowest BCUT2D eigenvalue weighted by Crippen LogP contribution is -3.19. The van der Waals surface area contributed by atoms with E-state index >= 15 is 0 Å². The van der Waals surface area contributed by atoms with Crippen LogP contribution >= 0.6 is 0 Å². The van der Waals surface area contributed by atoms with Crippen LogP contribution in [0.1, 0.15) is 33.6 Å². The molecule has 92 valence electrons. The van der Waals surface area contributed by atoms with E-state index < -0.39 is 5.97 Å². The van der Waals surface area contributed by atoms with Crippen LogP contribution in [0.2, 0.25) is 0 Å². The molecule has 1 N–H and O–H groups in total. The molecule has 16 heavy (non-hydrogen) atoms. The summed E-state index contributed by atoms with van der Waals surface area (Å²) in [4.78, 5) is 12.2. The molecule has 2 rings (SSSR count). The molecule has 6 atom stereocenters. The molecular formula is C13H23NO2. The number of quaternary nitrogens is 1. The van der Waals surface area contributed by atoms with E-state index in [1.54, 1.807) is 6.92 Å². The number of hydrogen-bond donors (Lipinski definition) is 1. The van der Waals surface area contributed by atoms with Gasteiger partial charge in [0.2, 0.25) is 0 Å². The number of aliphatic carboxylic acids is 1. The number of hydrogen-bond acceptors (Lipinski definition) is 2. The van der Waals surface area contributed by atoms with Crippen LogP contribution in [0.25, 0.3) is 0 Å². The number of rotatable bonds is 2. The lowest BCUT2D eigenvalue weighted by atomic mass is 9.78. The Bertz CT molecular complexity index is 279. The molecule has 2 fully saturated rings. The summed E-state index contributed by atoms with van der Waals surface area (Å²) in [5.74, 6) is 2.12. The molecule has 1 aliphatic heterocycles. The van der Waals surface area contributed by atoms with E-state index in [-0.39, 0.29) is 6.04 Å². The molecule has 2 aliphatic rings. The zero-order valence-corrected chi connectivity index (χ0v) is 10.5. The van der Waals surface area contributed by atoms with Crippen molar-refractivity contribution in [3.05, 3.63) is 0 Å². The second-order valence-electron chi connectivity index (χ2n) is 5.97. The Hall–Kier alpha value is -0.570. The summed E-state index contributed by atoms with van der Waals surface area (Å²) in [6.07, 6.45) is 2.67. The van der Waals surface area contributed by atoms with Gasteiger partial charge in [-0.15, -0.1) is 0 Å². The van der Waals surface area contributed by atoms with Crippen molar-refractivity contribution in [1.82, 2.24) is 0 Å². The fraction of sp³-hybridized carbons (Fsp3) is 0.923. The topological polar surface area (TPSA) is 44.6 Å². The van der Waals surface area contributed by atoms with Crippen molar-refractivity contribution in [3.8, 4) is 0 Å². The summed E-state index contributed by atoms with van der Waals surface area (Å²) >= 11 is 0. The van der Waals surface area contributed by atoms with Crippen molar-refractivity contribution in [1.29, 1.82) is 0 Å². The molecule has 1 heterocycles. The Labute approximate surface area is 97.8 Å². The first-order valence-electron chi connectivity index (χ1n) is 6.56. The maximum Gasteiger partial charge on any atom is 0.125 e. The van der Waals surface area contributed by atoms with Crippen LogP contribution in [0, 0.1) is 23.7 Å². The van der Waals surface area contributed by atoms with E-state index in [1.807, 2.05) is 0 Å². The van der Waals surface area contributed by atoms with Gasteiger partial charge in [-0.05, 0) is 31.6 Å². The van der Waals surface area contributed by atoms with Gasteiger partial charge in [0.1, 0.15) is 6.04 Å². The van der Waals surface area contributed by atoms with Gasteiger partial charge in [0.25, 0.3) is 0 Å². The highest BCUT2D eigenvalue weighted by Crippen LogP contribution is 2.41. The molecule has 1 aliphatic carbocycles. The van der Waals surface area contributed by atoms with Gasteiger partial charge in [0, 0.05) is 11.8 Å². The van der Waals surface area contributed by atoms with Crippen LogP contribution in [0.15, 0.2) is 0 Å². The molecule has 3 nitrogen and oxygen atoms in total. The highest BCUT2D eigenvalue weighted by atomic mass is 16.4. The molecule has 0 aromatic rings.